The van der Waals surface area contributed by atoms with E-state index in [0.717, 1.165) is 32.5 Å². The van der Waals surface area contributed by atoms with E-state index in [9.17, 15) is 9.59 Å². The zero-order valence-corrected chi connectivity index (χ0v) is 10.9. The van der Waals surface area contributed by atoms with Crippen molar-refractivity contribution < 1.29 is 9.59 Å². The van der Waals surface area contributed by atoms with E-state index >= 15 is 0 Å². The van der Waals surface area contributed by atoms with Gasteiger partial charge in [-0.15, -0.1) is 0 Å². The highest BCUT2D eigenvalue weighted by Gasteiger charge is 2.34. The fourth-order valence-corrected chi connectivity index (χ4v) is 3.20. The molecule has 2 aliphatic heterocycles. The number of likely N-dealkylation sites (N-methyl/N-ethyl adjacent to an activating group) is 1. The topological polar surface area (TPSA) is 61.4 Å². The van der Waals surface area contributed by atoms with Crippen molar-refractivity contribution in [3.8, 4) is 0 Å². The molecule has 2 saturated heterocycles. The summed E-state index contributed by atoms with van der Waals surface area (Å²) < 4.78 is 0. The van der Waals surface area contributed by atoms with Crippen LogP contribution in [0.1, 0.15) is 19.8 Å². The van der Waals surface area contributed by atoms with Crippen molar-refractivity contribution in [1.29, 1.82) is 0 Å². The van der Waals surface area contributed by atoms with Gasteiger partial charge in [0.05, 0.1) is 0 Å². The molecule has 0 spiro atoms. The van der Waals surface area contributed by atoms with Gasteiger partial charge in [-0.3, -0.25) is 9.59 Å². The van der Waals surface area contributed by atoms with Crippen molar-refractivity contribution in [3.63, 3.8) is 0 Å². The number of carbonyl (C=O) groups is 2. The highest BCUT2D eigenvalue weighted by molar-refractivity contribution is 8.14. The van der Waals surface area contributed by atoms with Gasteiger partial charge in [-0.25, -0.2) is 0 Å². The Kier molecular flexibility index (Phi) is 4.28. The molecular weight excluding hydrogens is 238 g/mol. The summed E-state index contributed by atoms with van der Waals surface area (Å²) >= 11 is 1.20. The van der Waals surface area contributed by atoms with Crippen LogP contribution in [0.4, 0.5) is 4.79 Å². The lowest BCUT2D eigenvalue weighted by Crippen LogP contribution is -2.52. The second-order valence-corrected chi connectivity index (χ2v) is 5.39. The van der Waals surface area contributed by atoms with Crippen molar-refractivity contribution >= 4 is 22.9 Å². The minimum absolute atomic E-state index is 0.0790. The lowest BCUT2D eigenvalue weighted by molar-refractivity contribution is -0.135. The summed E-state index contributed by atoms with van der Waals surface area (Å²) in [5, 5.41) is 5.94. The van der Waals surface area contributed by atoms with Crippen LogP contribution in [-0.4, -0.2) is 53.5 Å². The molecule has 2 fully saturated rings. The third-order valence-corrected chi connectivity index (χ3v) is 4.22. The molecule has 2 aliphatic rings. The SMILES string of the molecule is CCN(C(=O)C1CSC(=O)N1)C1CCNCC1. The third-order valence-electron chi connectivity index (χ3n) is 3.34. The average molecular weight is 257 g/mol. The molecule has 0 aromatic carbocycles. The molecule has 6 heteroatoms. The van der Waals surface area contributed by atoms with Crippen molar-refractivity contribution in [2.24, 2.45) is 0 Å². The summed E-state index contributed by atoms with van der Waals surface area (Å²) in [6.45, 7) is 4.67. The molecule has 0 aliphatic carbocycles. The third kappa shape index (κ3) is 2.93. The number of rotatable bonds is 3. The van der Waals surface area contributed by atoms with E-state index in [0.29, 0.717) is 11.8 Å². The molecule has 5 nitrogen and oxygen atoms in total. The van der Waals surface area contributed by atoms with Gasteiger partial charge in [0.15, 0.2) is 0 Å². The first-order valence-corrected chi connectivity index (χ1v) is 7.15. The van der Waals surface area contributed by atoms with Crippen LogP contribution in [0.15, 0.2) is 0 Å². The first kappa shape index (κ1) is 12.7. The molecule has 1 unspecified atom stereocenters. The van der Waals surface area contributed by atoms with Crippen LogP contribution in [0, 0.1) is 0 Å². The zero-order chi connectivity index (χ0) is 12.3. The standard InChI is InChI=1S/C11H19N3O2S/c1-2-14(8-3-5-12-6-4-8)10(15)9-7-17-11(16)13-9/h8-9,12H,2-7H2,1H3,(H,13,16). The molecule has 0 bridgehead atoms. The maximum absolute atomic E-state index is 12.3. The van der Waals surface area contributed by atoms with Crippen LogP contribution in [0.25, 0.3) is 0 Å². The van der Waals surface area contributed by atoms with Gasteiger partial charge in [0.1, 0.15) is 6.04 Å². The van der Waals surface area contributed by atoms with Crippen molar-refractivity contribution in [2.75, 3.05) is 25.4 Å². The quantitative estimate of drug-likeness (QED) is 0.769. The van der Waals surface area contributed by atoms with Gasteiger partial charge >= 0.3 is 0 Å². The fraction of sp³-hybridized carbons (Fsp3) is 0.818. The Balaban J connectivity index is 1.96. The molecule has 0 aromatic rings. The minimum Gasteiger partial charge on any atom is -0.338 e. The molecule has 0 radical (unpaired) electrons. The highest BCUT2D eigenvalue weighted by atomic mass is 32.2. The Labute approximate surface area is 106 Å². The second kappa shape index (κ2) is 5.73. The van der Waals surface area contributed by atoms with Crippen LogP contribution in [-0.2, 0) is 4.79 Å². The van der Waals surface area contributed by atoms with Gasteiger partial charge in [-0.1, -0.05) is 11.8 Å². The van der Waals surface area contributed by atoms with Gasteiger partial charge < -0.3 is 15.5 Å². The Morgan fingerprint density at radius 2 is 2.18 bits per heavy atom. The van der Waals surface area contributed by atoms with Gasteiger partial charge in [-0.2, -0.15) is 0 Å². The second-order valence-electron chi connectivity index (χ2n) is 4.40. The lowest BCUT2D eigenvalue weighted by atomic mass is 10.0. The Morgan fingerprint density at radius 1 is 1.47 bits per heavy atom. The minimum atomic E-state index is -0.317. The maximum atomic E-state index is 12.3. The molecule has 2 heterocycles. The first-order valence-electron chi connectivity index (χ1n) is 6.17. The predicted octanol–water partition coefficient (Wildman–Crippen LogP) is 0.412. The molecular formula is C11H19N3O2S. The molecule has 96 valence electrons. The summed E-state index contributed by atoms with van der Waals surface area (Å²) in [5.74, 6) is 0.650. The number of thioether (sulfide) groups is 1. The van der Waals surface area contributed by atoms with Crippen molar-refractivity contribution in [3.05, 3.63) is 0 Å². The van der Waals surface area contributed by atoms with Crippen LogP contribution < -0.4 is 10.6 Å². The molecule has 2 amide bonds. The number of amides is 2. The highest BCUT2D eigenvalue weighted by Crippen LogP contribution is 2.18. The monoisotopic (exact) mass is 257 g/mol. The number of carbonyl (C=O) groups excluding carboxylic acids is 2. The number of nitrogens with zero attached hydrogens (tertiary/aromatic N) is 1. The van der Waals surface area contributed by atoms with Gasteiger partial charge in [0, 0.05) is 18.3 Å². The normalized spacial score (nSPS) is 25.7. The number of hydrogen-bond acceptors (Lipinski definition) is 4. The summed E-state index contributed by atoms with van der Waals surface area (Å²) in [7, 11) is 0. The molecule has 0 saturated carbocycles. The van der Waals surface area contributed by atoms with E-state index < -0.39 is 0 Å². The average Bonchev–Trinajstić information content (AvgIpc) is 2.78. The van der Waals surface area contributed by atoms with E-state index in [1.807, 2.05) is 11.8 Å². The van der Waals surface area contributed by atoms with Crippen molar-refractivity contribution in [2.45, 2.75) is 31.8 Å². The first-order chi connectivity index (χ1) is 8.22. The van der Waals surface area contributed by atoms with E-state index in [1.54, 1.807) is 0 Å². The fourth-order valence-electron chi connectivity index (χ4n) is 2.43. The van der Waals surface area contributed by atoms with Gasteiger partial charge in [-0.05, 0) is 32.9 Å². The van der Waals surface area contributed by atoms with E-state index in [2.05, 4.69) is 10.6 Å². The smallest absolute Gasteiger partial charge is 0.279 e. The van der Waals surface area contributed by atoms with Gasteiger partial charge in [0.25, 0.3) is 5.24 Å². The summed E-state index contributed by atoms with van der Waals surface area (Å²) in [6, 6.07) is 0.0126. The van der Waals surface area contributed by atoms with Gasteiger partial charge in [0.2, 0.25) is 5.91 Å². The van der Waals surface area contributed by atoms with Crippen LogP contribution >= 0.6 is 11.8 Å². The van der Waals surface area contributed by atoms with E-state index in [1.165, 1.54) is 11.8 Å². The summed E-state index contributed by atoms with van der Waals surface area (Å²) in [5.41, 5.74) is 0. The largest absolute Gasteiger partial charge is 0.338 e. The predicted molar refractivity (Wildman–Crippen MR) is 68.1 cm³/mol. The van der Waals surface area contributed by atoms with Crippen LogP contribution in [0.3, 0.4) is 0 Å². The number of hydrogen-bond donors (Lipinski definition) is 2. The maximum Gasteiger partial charge on any atom is 0.279 e. The van der Waals surface area contributed by atoms with Crippen molar-refractivity contribution in [1.82, 2.24) is 15.5 Å². The van der Waals surface area contributed by atoms with Crippen LogP contribution in [0.2, 0.25) is 0 Å². The molecule has 1 atom stereocenters. The van der Waals surface area contributed by atoms with E-state index in [-0.39, 0.29) is 17.2 Å². The Bertz CT molecular complexity index is 305. The molecule has 0 aromatic heterocycles. The molecule has 2 rings (SSSR count). The summed E-state index contributed by atoms with van der Waals surface area (Å²) in [4.78, 5) is 25.3. The van der Waals surface area contributed by atoms with Crippen LogP contribution in [0.5, 0.6) is 0 Å². The number of piperidine rings is 1. The lowest BCUT2D eigenvalue weighted by Gasteiger charge is -2.35. The zero-order valence-electron chi connectivity index (χ0n) is 10.1. The molecule has 2 N–H and O–H groups in total. The Hall–Kier alpha value is -0.750. The molecule has 17 heavy (non-hydrogen) atoms. The Morgan fingerprint density at radius 3 is 2.71 bits per heavy atom. The number of nitrogens with one attached hydrogen (secondary N) is 2. The van der Waals surface area contributed by atoms with E-state index in [4.69, 9.17) is 0 Å². The summed E-state index contributed by atoms with van der Waals surface area (Å²) in [6.07, 6.45) is 2.01.